The average Bonchev–Trinajstić information content (AvgIpc) is 1.66. The van der Waals surface area contributed by atoms with Crippen molar-refractivity contribution in [3.63, 3.8) is 0 Å². The monoisotopic (exact) mass is 1510 g/mol. The van der Waals surface area contributed by atoms with Crippen molar-refractivity contribution in [2.75, 3.05) is 53.8 Å². The molecule has 0 amide bonds. The Hall–Kier alpha value is -9.56. The van der Waals surface area contributed by atoms with Crippen LogP contribution in [0, 0.1) is 0 Å². The number of aliphatic hydroxyl groups is 2. The van der Waals surface area contributed by atoms with E-state index in [1.54, 1.807) is 12.1 Å². The lowest BCUT2D eigenvalue weighted by Crippen LogP contribution is -2.20. The van der Waals surface area contributed by atoms with Gasteiger partial charge in [0.25, 0.3) is 0 Å². The van der Waals surface area contributed by atoms with E-state index in [2.05, 4.69) is 174 Å². The maximum Gasteiger partial charge on any atom is 0.339 e. The second-order valence-electron chi connectivity index (χ2n) is 22.1. The van der Waals surface area contributed by atoms with Gasteiger partial charge in [0.15, 0.2) is 5.78 Å². The fourth-order valence-electron chi connectivity index (χ4n) is 10.9. The number of Topliss-reactive ketones (excluding diaryl/α,β-unsaturated/α-hetero) is 1. The van der Waals surface area contributed by atoms with E-state index >= 15 is 0 Å². The highest BCUT2D eigenvalue weighted by Crippen LogP contribution is 2.37. The number of rotatable bonds is 17. The summed E-state index contributed by atoms with van der Waals surface area (Å²) < 4.78 is 5.17. The summed E-state index contributed by atoms with van der Waals surface area (Å²) in [6, 6.07) is 108. The molecular formula is C86H75Br3ClNO7. The summed E-state index contributed by atoms with van der Waals surface area (Å²) in [4.78, 5) is 35.4. The van der Waals surface area contributed by atoms with E-state index in [9.17, 15) is 24.6 Å². The second kappa shape index (κ2) is 40.9. The molecule has 0 saturated carbocycles. The second-order valence-corrected chi connectivity index (χ2v) is 24.2. The number of ketones is 1. The Labute approximate surface area is 605 Å². The van der Waals surface area contributed by atoms with Gasteiger partial charge in [-0.25, -0.2) is 4.79 Å². The molecular weight excluding hydrogens is 1430 g/mol. The number of halogens is 4. The Morgan fingerprint density at radius 1 is 0.378 bits per heavy atom. The molecule has 0 atom stereocenters. The van der Waals surface area contributed by atoms with Crippen molar-refractivity contribution in [2.45, 2.75) is 6.42 Å². The van der Waals surface area contributed by atoms with Crippen molar-refractivity contribution in [1.29, 1.82) is 0 Å². The summed E-state index contributed by atoms with van der Waals surface area (Å²) in [5.41, 5.74) is 20.4. The van der Waals surface area contributed by atoms with Crippen LogP contribution in [0.5, 0.6) is 0 Å². The van der Waals surface area contributed by atoms with Crippen LogP contribution in [0.15, 0.2) is 328 Å². The topological polar surface area (TPSA) is 124 Å². The molecule has 3 N–H and O–H groups in total. The van der Waals surface area contributed by atoms with Gasteiger partial charge >= 0.3 is 11.9 Å². The number of allylic oxidation sites excluding steroid dienone is 2. The molecule has 2 heterocycles. The summed E-state index contributed by atoms with van der Waals surface area (Å²) in [6.45, 7) is 2.00. The third-order valence-corrected chi connectivity index (χ3v) is 17.6. The number of alkyl halides is 3. The van der Waals surface area contributed by atoms with Crippen LogP contribution in [0.3, 0.4) is 0 Å². The zero-order valence-corrected chi connectivity index (χ0v) is 59.5. The number of aliphatic carboxylic acids is 1. The van der Waals surface area contributed by atoms with Gasteiger partial charge in [-0.1, -0.05) is 363 Å². The maximum absolute atomic E-state index is 11.9. The first kappa shape index (κ1) is 74.2. The Kier molecular flexibility index (Phi) is 31.0. The third kappa shape index (κ3) is 22.5. The lowest BCUT2D eigenvalue weighted by Gasteiger charge is -2.19. The van der Waals surface area contributed by atoms with Crippen molar-refractivity contribution in [3.8, 4) is 0 Å². The van der Waals surface area contributed by atoms with Crippen LogP contribution >= 0.6 is 59.4 Å². The van der Waals surface area contributed by atoms with E-state index in [0.717, 1.165) is 78.9 Å². The normalized spacial score (nSPS) is 12.6. The lowest BCUT2D eigenvalue weighted by molar-refractivity contribution is -0.136. The van der Waals surface area contributed by atoms with Gasteiger partial charge in [0, 0.05) is 45.6 Å². The predicted molar refractivity (Wildman–Crippen MR) is 418 cm³/mol. The zero-order valence-electron chi connectivity index (χ0n) is 54.0. The highest BCUT2D eigenvalue weighted by molar-refractivity contribution is 9.09. The van der Waals surface area contributed by atoms with E-state index in [0.29, 0.717) is 17.5 Å². The summed E-state index contributed by atoms with van der Waals surface area (Å²) in [7, 11) is 0. The Morgan fingerprint density at radius 3 is 1.01 bits per heavy atom. The SMILES string of the molecule is BrC/C(=C(\CBr)c1ccccc1)c1ccccc1.Clc1ccc(N2CC(c3ccccc3)=C(c3ccccc3)C2)cc1.O=C(CBr)c1ccccc1.O=C(O)Cc1ccccc1.O=C1OCC(c2ccccc2)=C1c1ccccc1.OC/C(=C(\CO)c1ccccc1)c1ccccc1. The first-order valence-electron chi connectivity index (χ1n) is 31.8. The summed E-state index contributed by atoms with van der Waals surface area (Å²) in [6.07, 6.45) is 0.112. The Balaban J connectivity index is 0.000000154. The summed E-state index contributed by atoms with van der Waals surface area (Å²) in [5.74, 6) is -0.896. The number of nitrogens with zero attached hydrogens (tertiary/aromatic N) is 1. The first-order valence-corrected chi connectivity index (χ1v) is 35.5. The van der Waals surface area contributed by atoms with Gasteiger partial charge in [-0.2, -0.15) is 0 Å². The number of anilines is 1. The number of cyclic esters (lactones) is 1. The highest BCUT2D eigenvalue weighted by atomic mass is 79.9. The molecule has 0 unspecified atom stereocenters. The number of carboxylic acid groups (broad SMARTS) is 1. The number of carbonyl (C=O) groups is 3. The van der Waals surface area contributed by atoms with Gasteiger partial charge in [0.05, 0.1) is 30.5 Å². The molecule has 494 valence electrons. The Morgan fingerprint density at radius 2 is 0.684 bits per heavy atom. The predicted octanol–water partition coefficient (Wildman–Crippen LogP) is 20.5. The number of aliphatic hydroxyl groups excluding tert-OH is 2. The lowest BCUT2D eigenvalue weighted by atomic mass is 9.95. The summed E-state index contributed by atoms with van der Waals surface area (Å²) in [5, 5.41) is 30.4. The van der Waals surface area contributed by atoms with Crippen LogP contribution in [0.25, 0.3) is 44.6 Å². The van der Waals surface area contributed by atoms with Crippen molar-refractivity contribution < 1.29 is 34.4 Å². The first-order chi connectivity index (χ1) is 48.0. The number of benzene rings is 11. The molecule has 11 aromatic carbocycles. The van der Waals surface area contributed by atoms with Crippen LogP contribution in [0.4, 0.5) is 5.69 Å². The van der Waals surface area contributed by atoms with Gasteiger partial charge < -0.3 is 25.0 Å². The minimum atomic E-state index is -0.786. The van der Waals surface area contributed by atoms with Gasteiger partial charge in [-0.3, -0.25) is 9.59 Å². The minimum absolute atomic E-state index is 0.0885. The van der Waals surface area contributed by atoms with Crippen LogP contribution < -0.4 is 4.90 Å². The molecule has 0 fully saturated rings. The largest absolute Gasteiger partial charge is 0.481 e. The standard InChI is InChI=1S/C22H18ClN.C16H14Br2.C16H12O2.C16H16O2.C8H7BrO.C8H8O2/c23-19-11-13-20(14-12-19)24-15-21(17-7-3-1-4-8-17)22(16-24)18-9-5-2-6-10-18;17-11-15(13-7-3-1-4-8-13)16(12-18)14-9-5-2-6-10-14;17-16-15(13-9-5-2-6-10-13)14(11-18-16)12-7-3-1-4-8-12;17-11-15(13-7-3-1-4-8-13)16(12-18)14-9-5-2-6-10-14;9-6-8(10)7-4-2-1-3-5-7;9-8(10)6-7-4-2-1-3-5-7/h1-14H,15-16H2;1-10H,11-12H2;1-10H,11H2;1-10,17-18H,11-12H2;1-5H,6H2;1-5H,6H2,(H,9,10)/b;16-15-;;16-15-;;. The fourth-order valence-corrected chi connectivity index (χ4v) is 12.6. The van der Waals surface area contributed by atoms with E-state index < -0.39 is 5.97 Å². The quantitative estimate of drug-likeness (QED) is 0.0356. The minimum Gasteiger partial charge on any atom is -0.481 e. The number of esters is 1. The molecule has 0 aromatic heterocycles. The molecule has 0 saturated heterocycles. The van der Waals surface area contributed by atoms with Crippen molar-refractivity contribution in [3.05, 3.63) is 388 Å². The molecule has 2 aliphatic heterocycles. The average molecular weight is 1510 g/mol. The fraction of sp³-hybridized carbons (Fsp3) is 0.105. The van der Waals surface area contributed by atoms with Crippen LogP contribution in [-0.2, 0) is 20.7 Å². The van der Waals surface area contributed by atoms with Crippen LogP contribution in [-0.4, -0.2) is 81.9 Å². The molecule has 13 rings (SSSR count). The number of hydrogen-bond donors (Lipinski definition) is 3. The van der Waals surface area contributed by atoms with Crippen molar-refractivity contribution in [2.24, 2.45) is 0 Å². The van der Waals surface area contributed by atoms with Crippen LogP contribution in [0.2, 0.25) is 5.02 Å². The van der Waals surface area contributed by atoms with Gasteiger partial charge in [-0.05, 0) is 108 Å². The maximum atomic E-state index is 11.9. The summed E-state index contributed by atoms with van der Waals surface area (Å²) >= 11 is 16.4. The molecule has 0 radical (unpaired) electrons. The van der Waals surface area contributed by atoms with E-state index in [4.69, 9.17) is 21.4 Å². The number of hydrogen-bond acceptors (Lipinski definition) is 7. The van der Waals surface area contributed by atoms with Crippen molar-refractivity contribution >= 4 is 127 Å². The highest BCUT2D eigenvalue weighted by Gasteiger charge is 2.27. The molecule has 12 heteroatoms. The van der Waals surface area contributed by atoms with E-state index in [1.165, 1.54) is 50.2 Å². The van der Waals surface area contributed by atoms with Crippen molar-refractivity contribution in [1.82, 2.24) is 0 Å². The molecule has 11 aromatic rings. The third-order valence-electron chi connectivity index (χ3n) is 15.8. The molecule has 0 aliphatic carbocycles. The zero-order chi connectivity index (χ0) is 69.1. The molecule has 0 bridgehead atoms. The number of carboxylic acids is 1. The molecule has 98 heavy (non-hydrogen) atoms. The van der Waals surface area contributed by atoms with E-state index in [-0.39, 0.29) is 31.4 Å². The molecule has 2 aliphatic rings. The molecule has 0 spiro atoms. The van der Waals surface area contributed by atoms with Gasteiger partial charge in [-0.15, -0.1) is 0 Å². The van der Waals surface area contributed by atoms with Gasteiger partial charge in [0.1, 0.15) is 6.61 Å². The number of ether oxygens (including phenoxy) is 1. The smallest absolute Gasteiger partial charge is 0.339 e. The van der Waals surface area contributed by atoms with Crippen LogP contribution in [0.1, 0.15) is 60.4 Å². The number of carbonyl (C=O) groups excluding carboxylic acids is 2. The van der Waals surface area contributed by atoms with E-state index in [1.807, 2.05) is 194 Å². The Bertz CT molecular complexity index is 4090. The molecule has 8 nitrogen and oxygen atoms in total. The van der Waals surface area contributed by atoms with Gasteiger partial charge in [0.2, 0.25) is 0 Å².